The lowest BCUT2D eigenvalue weighted by Gasteiger charge is -2.26. The van der Waals surface area contributed by atoms with Crippen molar-refractivity contribution in [3.05, 3.63) is 54.0 Å². The lowest BCUT2D eigenvalue weighted by Crippen LogP contribution is -2.35. The number of piperidine rings is 1. The Balaban J connectivity index is 0.000000396. The molecule has 1 aromatic heterocycles. The van der Waals surface area contributed by atoms with Crippen LogP contribution in [0, 0.1) is 5.82 Å². The third-order valence-electron chi connectivity index (χ3n) is 4.52. The van der Waals surface area contributed by atoms with Crippen LogP contribution >= 0.6 is 0 Å². The minimum absolute atomic E-state index is 0.235. The predicted molar refractivity (Wildman–Crippen MR) is 102 cm³/mol. The number of carbonyl (C=O) groups excluding carboxylic acids is 1. The van der Waals surface area contributed by atoms with Crippen LogP contribution < -0.4 is 0 Å². The molecule has 5 nitrogen and oxygen atoms in total. The Bertz CT molecular complexity index is 848. The molecule has 1 aromatic carbocycles. The van der Waals surface area contributed by atoms with Crippen molar-refractivity contribution >= 4 is 11.9 Å². The SMILES string of the molecule is O=C(CCc1ccc(-c2cccc(F)c2)nc1)N1CCCCC1.O=C(O)C(F)(F)F. The summed E-state index contributed by atoms with van der Waals surface area (Å²) in [5.74, 6) is -2.79. The van der Waals surface area contributed by atoms with Crippen LogP contribution in [-0.2, 0) is 16.0 Å². The minimum Gasteiger partial charge on any atom is -0.475 e. The van der Waals surface area contributed by atoms with Gasteiger partial charge < -0.3 is 10.0 Å². The Morgan fingerprint density at radius 1 is 1.07 bits per heavy atom. The molecule has 1 aliphatic heterocycles. The van der Waals surface area contributed by atoms with Gasteiger partial charge in [0, 0.05) is 31.3 Å². The molecule has 30 heavy (non-hydrogen) atoms. The number of likely N-dealkylation sites (tertiary alicyclic amines) is 1. The number of alkyl halides is 3. The summed E-state index contributed by atoms with van der Waals surface area (Å²) in [5, 5.41) is 7.12. The van der Waals surface area contributed by atoms with Gasteiger partial charge in [0.1, 0.15) is 5.82 Å². The first-order chi connectivity index (χ1) is 14.2. The number of carboxylic acids is 1. The number of halogens is 4. The van der Waals surface area contributed by atoms with Crippen molar-refractivity contribution in [2.75, 3.05) is 13.1 Å². The van der Waals surface area contributed by atoms with Crippen LogP contribution in [0.25, 0.3) is 11.3 Å². The molecule has 0 radical (unpaired) electrons. The number of benzene rings is 1. The van der Waals surface area contributed by atoms with Crippen molar-refractivity contribution in [2.24, 2.45) is 0 Å². The van der Waals surface area contributed by atoms with Crippen LogP contribution in [0.15, 0.2) is 42.6 Å². The molecule has 1 fully saturated rings. The van der Waals surface area contributed by atoms with Gasteiger partial charge in [-0.15, -0.1) is 0 Å². The number of aromatic nitrogens is 1. The second-order valence-corrected chi connectivity index (χ2v) is 6.81. The molecule has 0 unspecified atom stereocenters. The van der Waals surface area contributed by atoms with Gasteiger partial charge in [0.2, 0.25) is 5.91 Å². The summed E-state index contributed by atoms with van der Waals surface area (Å²) < 4.78 is 45.0. The molecule has 162 valence electrons. The highest BCUT2D eigenvalue weighted by Crippen LogP contribution is 2.19. The van der Waals surface area contributed by atoms with Crippen molar-refractivity contribution < 1.29 is 32.3 Å². The summed E-state index contributed by atoms with van der Waals surface area (Å²) in [4.78, 5) is 27.4. The van der Waals surface area contributed by atoms with Gasteiger partial charge in [-0.3, -0.25) is 9.78 Å². The summed E-state index contributed by atoms with van der Waals surface area (Å²) in [6.07, 6.45) is 1.40. The maximum Gasteiger partial charge on any atom is 0.490 e. The highest BCUT2D eigenvalue weighted by Gasteiger charge is 2.38. The Morgan fingerprint density at radius 3 is 2.27 bits per heavy atom. The van der Waals surface area contributed by atoms with Gasteiger partial charge in [0.15, 0.2) is 0 Å². The normalized spacial score (nSPS) is 13.9. The number of carboxylic acid groups (broad SMARTS) is 1. The lowest BCUT2D eigenvalue weighted by molar-refractivity contribution is -0.192. The van der Waals surface area contributed by atoms with E-state index < -0.39 is 12.1 Å². The largest absolute Gasteiger partial charge is 0.490 e. The number of amides is 1. The van der Waals surface area contributed by atoms with Gasteiger partial charge in [-0.1, -0.05) is 18.2 Å². The van der Waals surface area contributed by atoms with E-state index in [-0.39, 0.29) is 11.7 Å². The molecule has 0 saturated carbocycles. The van der Waals surface area contributed by atoms with E-state index in [9.17, 15) is 22.4 Å². The van der Waals surface area contributed by atoms with Crippen molar-refractivity contribution in [1.82, 2.24) is 9.88 Å². The summed E-state index contributed by atoms with van der Waals surface area (Å²) in [7, 11) is 0. The van der Waals surface area contributed by atoms with E-state index in [0.717, 1.165) is 42.8 Å². The van der Waals surface area contributed by atoms with Gasteiger partial charge in [-0.05, 0) is 49.4 Å². The molecule has 1 amide bonds. The Hall–Kier alpha value is -2.97. The molecule has 0 aliphatic carbocycles. The zero-order chi connectivity index (χ0) is 22.1. The zero-order valence-electron chi connectivity index (χ0n) is 16.2. The van der Waals surface area contributed by atoms with E-state index in [1.54, 1.807) is 12.3 Å². The molecule has 2 aromatic rings. The van der Waals surface area contributed by atoms with Crippen LogP contribution in [0.2, 0.25) is 0 Å². The Morgan fingerprint density at radius 2 is 1.73 bits per heavy atom. The molecule has 1 aliphatic rings. The quantitative estimate of drug-likeness (QED) is 0.733. The number of aliphatic carboxylic acids is 1. The van der Waals surface area contributed by atoms with Gasteiger partial charge in [-0.25, -0.2) is 9.18 Å². The minimum atomic E-state index is -5.08. The van der Waals surface area contributed by atoms with E-state index >= 15 is 0 Å². The molecule has 1 N–H and O–H groups in total. The zero-order valence-corrected chi connectivity index (χ0v) is 16.2. The van der Waals surface area contributed by atoms with Crippen molar-refractivity contribution in [3.63, 3.8) is 0 Å². The molecular weight excluding hydrogens is 404 g/mol. The highest BCUT2D eigenvalue weighted by atomic mass is 19.4. The fraction of sp³-hybridized carbons (Fsp3) is 0.381. The van der Waals surface area contributed by atoms with Crippen molar-refractivity contribution in [2.45, 2.75) is 38.3 Å². The summed E-state index contributed by atoms with van der Waals surface area (Å²) >= 11 is 0. The van der Waals surface area contributed by atoms with Crippen molar-refractivity contribution in [1.29, 1.82) is 0 Å². The number of nitrogens with zero attached hydrogens (tertiary/aromatic N) is 2. The number of aryl methyl sites for hydroxylation is 1. The molecule has 0 spiro atoms. The smallest absolute Gasteiger partial charge is 0.475 e. The molecule has 9 heteroatoms. The topological polar surface area (TPSA) is 70.5 Å². The van der Waals surface area contributed by atoms with Crippen LogP contribution in [0.1, 0.15) is 31.2 Å². The average molecular weight is 426 g/mol. The fourth-order valence-corrected chi connectivity index (χ4v) is 2.94. The average Bonchev–Trinajstić information content (AvgIpc) is 2.73. The fourth-order valence-electron chi connectivity index (χ4n) is 2.94. The molecule has 0 atom stereocenters. The molecule has 1 saturated heterocycles. The van der Waals surface area contributed by atoms with Crippen LogP contribution in [-0.4, -0.2) is 46.1 Å². The van der Waals surface area contributed by atoms with Gasteiger partial charge in [-0.2, -0.15) is 13.2 Å². The second-order valence-electron chi connectivity index (χ2n) is 6.81. The van der Waals surface area contributed by atoms with Crippen LogP contribution in [0.5, 0.6) is 0 Å². The van der Waals surface area contributed by atoms with E-state index in [0.29, 0.717) is 12.8 Å². The standard InChI is InChI=1S/C19H21FN2O.C2HF3O2/c20-17-6-4-5-16(13-17)18-9-7-15(14-21-18)8-10-19(23)22-11-2-1-3-12-22;3-2(4,5)1(6)7/h4-7,9,13-14H,1-3,8,10-12H2;(H,6,7). The first-order valence-electron chi connectivity index (χ1n) is 9.45. The first kappa shape index (κ1) is 23.3. The number of rotatable bonds is 4. The van der Waals surface area contributed by atoms with E-state index in [4.69, 9.17) is 9.90 Å². The summed E-state index contributed by atoms with van der Waals surface area (Å²) in [6, 6.07) is 10.3. The van der Waals surface area contributed by atoms with Gasteiger partial charge in [0.05, 0.1) is 5.69 Å². The van der Waals surface area contributed by atoms with Gasteiger partial charge in [0.25, 0.3) is 0 Å². The maximum absolute atomic E-state index is 13.2. The van der Waals surface area contributed by atoms with E-state index in [1.807, 2.05) is 23.1 Å². The number of hydrogen-bond acceptors (Lipinski definition) is 3. The maximum atomic E-state index is 13.2. The van der Waals surface area contributed by atoms with E-state index in [1.165, 1.54) is 18.6 Å². The highest BCUT2D eigenvalue weighted by molar-refractivity contribution is 5.76. The Kier molecular flexibility index (Phi) is 8.32. The molecule has 0 bridgehead atoms. The molecule has 2 heterocycles. The monoisotopic (exact) mass is 426 g/mol. The molecule has 3 rings (SSSR count). The van der Waals surface area contributed by atoms with Crippen LogP contribution in [0.4, 0.5) is 17.6 Å². The third-order valence-corrected chi connectivity index (χ3v) is 4.52. The number of carbonyl (C=O) groups is 2. The van der Waals surface area contributed by atoms with Gasteiger partial charge >= 0.3 is 12.1 Å². The Labute approximate surface area is 171 Å². The predicted octanol–water partition coefficient (Wildman–Crippen LogP) is 4.47. The third kappa shape index (κ3) is 7.46. The van der Waals surface area contributed by atoms with Crippen LogP contribution in [0.3, 0.4) is 0 Å². The van der Waals surface area contributed by atoms with Crippen molar-refractivity contribution in [3.8, 4) is 11.3 Å². The lowest BCUT2D eigenvalue weighted by atomic mass is 10.1. The molecular formula is C21H22F4N2O3. The number of hydrogen-bond donors (Lipinski definition) is 1. The summed E-state index contributed by atoms with van der Waals surface area (Å²) in [5.41, 5.74) is 2.55. The first-order valence-corrected chi connectivity index (χ1v) is 9.45. The summed E-state index contributed by atoms with van der Waals surface area (Å²) in [6.45, 7) is 1.80. The van der Waals surface area contributed by atoms with E-state index in [2.05, 4.69) is 4.98 Å². The second kappa shape index (κ2) is 10.7. The number of pyridine rings is 1.